The van der Waals surface area contributed by atoms with E-state index in [0.717, 1.165) is 24.3 Å². The number of rotatable bonds is 7. The van der Waals surface area contributed by atoms with E-state index < -0.39 is 0 Å². The Hall–Kier alpha value is -1.51. The number of halogens is 1. The van der Waals surface area contributed by atoms with Crippen molar-refractivity contribution >= 4 is 41.5 Å². The van der Waals surface area contributed by atoms with Crippen LogP contribution in [-0.4, -0.2) is 30.6 Å². The van der Waals surface area contributed by atoms with Gasteiger partial charge in [0.1, 0.15) is 5.75 Å². The van der Waals surface area contributed by atoms with Gasteiger partial charge >= 0.3 is 0 Å². The molecule has 0 aromatic heterocycles. The molecular weight excluding hydrogens is 443 g/mol. The average Bonchev–Trinajstić information content (AvgIpc) is 2.57. The van der Waals surface area contributed by atoms with Crippen molar-refractivity contribution in [3.8, 4) is 5.75 Å². The van der Waals surface area contributed by atoms with Crippen LogP contribution in [0.4, 0.5) is 5.69 Å². The fraction of sp³-hybridized carbons (Fsp3) is 0.579. The van der Waals surface area contributed by atoms with Crippen LogP contribution in [0, 0.1) is 0 Å². The van der Waals surface area contributed by atoms with E-state index in [0.29, 0.717) is 25.0 Å². The standard InChI is InChI=1S/C19H30N4O2.HI/c1-14(2)25-17-10-8-16(9-11-17)23-19(20)21-13-12-18(24)22-15-6-4-3-5-7-15;/h8-11,14-15H,3-7,12-13H2,1-2H3,(H,22,24)(H3,20,21,23);1H. The number of ether oxygens (including phenoxy) is 1. The maximum atomic E-state index is 11.9. The second kappa shape index (κ2) is 12.0. The maximum absolute atomic E-state index is 11.9. The Morgan fingerprint density at radius 3 is 2.50 bits per heavy atom. The number of carbonyl (C=O) groups is 1. The number of benzene rings is 1. The summed E-state index contributed by atoms with van der Waals surface area (Å²) < 4.78 is 5.59. The molecule has 1 saturated carbocycles. The highest BCUT2D eigenvalue weighted by Crippen LogP contribution is 2.18. The lowest BCUT2D eigenvalue weighted by Crippen LogP contribution is -2.36. The van der Waals surface area contributed by atoms with Crippen LogP contribution in [0.3, 0.4) is 0 Å². The lowest BCUT2D eigenvalue weighted by Gasteiger charge is -2.22. The van der Waals surface area contributed by atoms with Gasteiger partial charge in [-0.05, 0) is 51.0 Å². The molecule has 2 rings (SSSR count). The molecule has 0 atom stereocenters. The fourth-order valence-electron chi connectivity index (χ4n) is 2.90. The SMILES string of the molecule is CC(C)Oc1ccc(NC(N)=NCCC(=O)NC2CCCCC2)cc1.I. The summed E-state index contributed by atoms with van der Waals surface area (Å²) in [5, 5.41) is 6.10. The molecule has 1 aliphatic carbocycles. The largest absolute Gasteiger partial charge is 0.491 e. The molecule has 6 nitrogen and oxygen atoms in total. The van der Waals surface area contributed by atoms with Crippen LogP contribution in [0.1, 0.15) is 52.4 Å². The van der Waals surface area contributed by atoms with Crippen LogP contribution in [0.2, 0.25) is 0 Å². The molecule has 0 aliphatic heterocycles. The lowest BCUT2D eigenvalue weighted by atomic mass is 9.95. The summed E-state index contributed by atoms with van der Waals surface area (Å²) in [5.74, 6) is 1.18. The molecule has 0 spiro atoms. The molecular formula is C19H31IN4O2. The number of nitrogens with two attached hydrogens (primary N) is 1. The van der Waals surface area contributed by atoms with Gasteiger partial charge in [-0.25, -0.2) is 0 Å². The first kappa shape index (κ1) is 22.5. The molecule has 1 aromatic carbocycles. The molecule has 1 amide bonds. The summed E-state index contributed by atoms with van der Waals surface area (Å²) in [5.41, 5.74) is 6.71. The van der Waals surface area contributed by atoms with Crippen LogP contribution in [0.25, 0.3) is 0 Å². The zero-order valence-corrected chi connectivity index (χ0v) is 18.0. The Balaban J connectivity index is 0.00000338. The van der Waals surface area contributed by atoms with Gasteiger partial charge in [-0.2, -0.15) is 0 Å². The number of guanidine groups is 1. The molecule has 1 aliphatic rings. The number of amides is 1. The topological polar surface area (TPSA) is 88.7 Å². The van der Waals surface area contributed by atoms with Crippen molar-refractivity contribution in [3.05, 3.63) is 24.3 Å². The minimum atomic E-state index is 0. The smallest absolute Gasteiger partial charge is 0.222 e. The van der Waals surface area contributed by atoms with Crippen molar-refractivity contribution in [2.45, 2.75) is 64.5 Å². The van der Waals surface area contributed by atoms with Gasteiger partial charge in [0.05, 0.1) is 12.6 Å². The highest BCUT2D eigenvalue weighted by molar-refractivity contribution is 14.0. The van der Waals surface area contributed by atoms with E-state index in [-0.39, 0.29) is 36.0 Å². The van der Waals surface area contributed by atoms with Gasteiger partial charge in [-0.3, -0.25) is 9.79 Å². The van der Waals surface area contributed by atoms with E-state index in [2.05, 4.69) is 15.6 Å². The highest BCUT2D eigenvalue weighted by Gasteiger charge is 2.15. The van der Waals surface area contributed by atoms with E-state index >= 15 is 0 Å². The zero-order valence-electron chi connectivity index (χ0n) is 15.7. The van der Waals surface area contributed by atoms with Gasteiger partial charge in [0.15, 0.2) is 5.96 Å². The molecule has 146 valence electrons. The van der Waals surface area contributed by atoms with E-state index in [9.17, 15) is 4.79 Å². The van der Waals surface area contributed by atoms with Crippen molar-refractivity contribution < 1.29 is 9.53 Å². The number of hydrogen-bond acceptors (Lipinski definition) is 3. The molecule has 0 bridgehead atoms. The van der Waals surface area contributed by atoms with Crippen molar-refractivity contribution in [1.82, 2.24) is 5.32 Å². The van der Waals surface area contributed by atoms with Gasteiger partial charge in [-0.1, -0.05) is 19.3 Å². The Labute approximate surface area is 173 Å². The third kappa shape index (κ3) is 8.73. The molecule has 26 heavy (non-hydrogen) atoms. The summed E-state index contributed by atoms with van der Waals surface area (Å²) in [7, 11) is 0. The van der Waals surface area contributed by atoms with Gasteiger partial charge in [-0.15, -0.1) is 24.0 Å². The Morgan fingerprint density at radius 2 is 1.88 bits per heavy atom. The van der Waals surface area contributed by atoms with Crippen LogP contribution in [0.5, 0.6) is 5.75 Å². The van der Waals surface area contributed by atoms with E-state index in [1.807, 2.05) is 38.1 Å². The highest BCUT2D eigenvalue weighted by atomic mass is 127. The quantitative estimate of drug-likeness (QED) is 0.320. The number of nitrogens with zero attached hydrogens (tertiary/aromatic N) is 1. The van der Waals surface area contributed by atoms with Crippen LogP contribution in [-0.2, 0) is 4.79 Å². The van der Waals surface area contributed by atoms with E-state index in [4.69, 9.17) is 10.5 Å². The van der Waals surface area contributed by atoms with Gasteiger partial charge in [0.25, 0.3) is 0 Å². The lowest BCUT2D eigenvalue weighted by molar-refractivity contribution is -0.121. The Morgan fingerprint density at radius 1 is 1.23 bits per heavy atom. The van der Waals surface area contributed by atoms with Gasteiger partial charge < -0.3 is 21.1 Å². The maximum Gasteiger partial charge on any atom is 0.222 e. The van der Waals surface area contributed by atoms with Crippen molar-refractivity contribution in [2.75, 3.05) is 11.9 Å². The number of anilines is 1. The molecule has 7 heteroatoms. The van der Waals surface area contributed by atoms with Crippen molar-refractivity contribution in [3.63, 3.8) is 0 Å². The summed E-state index contributed by atoms with van der Waals surface area (Å²) in [6.45, 7) is 4.36. The first-order valence-corrected chi connectivity index (χ1v) is 9.16. The normalized spacial score (nSPS) is 15.3. The van der Waals surface area contributed by atoms with Crippen LogP contribution in [0.15, 0.2) is 29.3 Å². The molecule has 0 heterocycles. The van der Waals surface area contributed by atoms with E-state index in [1.54, 1.807) is 0 Å². The second-order valence-corrected chi connectivity index (χ2v) is 6.74. The number of hydrogen-bond donors (Lipinski definition) is 3. The minimum Gasteiger partial charge on any atom is -0.491 e. The van der Waals surface area contributed by atoms with Crippen LogP contribution < -0.4 is 21.1 Å². The minimum absolute atomic E-state index is 0. The molecule has 1 aromatic rings. The molecule has 0 radical (unpaired) electrons. The summed E-state index contributed by atoms with van der Waals surface area (Å²) in [6.07, 6.45) is 6.39. The average molecular weight is 474 g/mol. The van der Waals surface area contributed by atoms with Crippen molar-refractivity contribution in [1.29, 1.82) is 0 Å². The number of carbonyl (C=O) groups excluding carboxylic acids is 1. The van der Waals surface area contributed by atoms with Crippen molar-refractivity contribution in [2.24, 2.45) is 10.7 Å². The Kier molecular flexibility index (Phi) is 10.4. The molecule has 4 N–H and O–H groups in total. The van der Waals surface area contributed by atoms with Crippen LogP contribution >= 0.6 is 24.0 Å². The van der Waals surface area contributed by atoms with Gasteiger partial charge in [0.2, 0.25) is 5.91 Å². The zero-order chi connectivity index (χ0) is 18.1. The van der Waals surface area contributed by atoms with Gasteiger partial charge in [0, 0.05) is 18.2 Å². The summed E-state index contributed by atoms with van der Waals surface area (Å²) >= 11 is 0. The molecule has 1 fully saturated rings. The predicted molar refractivity (Wildman–Crippen MR) is 117 cm³/mol. The third-order valence-corrected chi connectivity index (χ3v) is 4.09. The second-order valence-electron chi connectivity index (χ2n) is 6.74. The summed E-state index contributed by atoms with van der Waals surface area (Å²) in [4.78, 5) is 16.1. The molecule has 0 saturated heterocycles. The monoisotopic (exact) mass is 474 g/mol. The fourth-order valence-corrected chi connectivity index (χ4v) is 2.90. The van der Waals surface area contributed by atoms with E-state index in [1.165, 1.54) is 19.3 Å². The molecule has 0 unspecified atom stereocenters. The first-order valence-electron chi connectivity index (χ1n) is 9.16. The number of aliphatic imine (C=N–C) groups is 1. The third-order valence-electron chi connectivity index (χ3n) is 4.09. The predicted octanol–water partition coefficient (Wildman–Crippen LogP) is 3.66. The number of nitrogens with one attached hydrogen (secondary N) is 2. The summed E-state index contributed by atoms with van der Waals surface area (Å²) in [6, 6.07) is 7.87. The first-order chi connectivity index (χ1) is 12.0. The Bertz CT molecular complexity index is 569.